The van der Waals surface area contributed by atoms with Crippen LogP contribution in [0, 0.1) is 0 Å². The summed E-state index contributed by atoms with van der Waals surface area (Å²) >= 11 is 0. The molecule has 274 valence electrons. The van der Waals surface area contributed by atoms with Gasteiger partial charge in [0, 0.05) is 0 Å². The van der Waals surface area contributed by atoms with Gasteiger partial charge >= 0.3 is 0 Å². The second-order valence-electron chi connectivity index (χ2n) is 15.2. The Hall–Kier alpha value is -6.85. The minimum Gasteiger partial charge on any atom is -0.0623 e. The minimum atomic E-state index is -2.62. The molecule has 0 aliphatic carbocycles. The summed E-state index contributed by atoms with van der Waals surface area (Å²) in [4.78, 5) is 0. The van der Waals surface area contributed by atoms with Gasteiger partial charge in [-0.1, -0.05) is 249 Å². The van der Waals surface area contributed by atoms with Gasteiger partial charge in [0.2, 0.25) is 0 Å². The van der Waals surface area contributed by atoms with Gasteiger partial charge in [-0.2, -0.15) is 0 Å². The van der Waals surface area contributed by atoms with Gasteiger partial charge in [-0.05, 0) is 80.2 Å². The third-order valence-corrected chi connectivity index (χ3v) is 21.7. The second kappa shape index (κ2) is 15.2. The van der Waals surface area contributed by atoms with Crippen molar-refractivity contribution in [3.8, 4) is 11.1 Å². The first-order valence-electron chi connectivity index (χ1n) is 20.2. The van der Waals surface area contributed by atoms with E-state index in [1.165, 1.54) is 74.2 Å². The van der Waals surface area contributed by atoms with Crippen molar-refractivity contribution in [2.45, 2.75) is 0 Å². The zero-order chi connectivity index (χ0) is 38.8. The van der Waals surface area contributed by atoms with Crippen molar-refractivity contribution in [1.82, 2.24) is 0 Å². The van der Waals surface area contributed by atoms with Gasteiger partial charge in [0.25, 0.3) is 0 Å². The van der Waals surface area contributed by atoms with Crippen molar-refractivity contribution in [1.29, 1.82) is 0 Å². The van der Waals surface area contributed by atoms with Crippen LogP contribution in [-0.4, -0.2) is 16.1 Å². The fourth-order valence-electron chi connectivity index (χ4n) is 9.53. The zero-order valence-corrected chi connectivity index (χ0v) is 34.2. The molecule has 0 unspecified atom stereocenters. The molecule has 0 aliphatic rings. The molecular weight excluding hydrogens is 729 g/mol. The summed E-state index contributed by atoms with van der Waals surface area (Å²) in [5.41, 5.74) is 2.45. The highest BCUT2D eigenvalue weighted by Gasteiger charge is 2.42. The first kappa shape index (κ1) is 35.6. The van der Waals surface area contributed by atoms with Crippen molar-refractivity contribution in [3.05, 3.63) is 255 Å². The predicted octanol–water partition coefficient (Wildman–Crippen LogP) is 8.41. The fourth-order valence-corrected chi connectivity index (χ4v) is 19.1. The molecular formula is C56H42Si2. The largest absolute Gasteiger partial charge is 0.179 e. The topological polar surface area (TPSA) is 0 Å². The van der Waals surface area contributed by atoms with Crippen LogP contribution in [0.5, 0.6) is 0 Å². The minimum absolute atomic E-state index is 1.22. The Labute approximate surface area is 343 Å². The van der Waals surface area contributed by atoms with Gasteiger partial charge in [0.1, 0.15) is 0 Å². The molecule has 10 aromatic carbocycles. The van der Waals surface area contributed by atoms with E-state index in [1.54, 1.807) is 0 Å². The lowest BCUT2D eigenvalue weighted by Gasteiger charge is -2.34. The standard InChI is InChI=1S/C56H42Si2/c1-7-19-47(20-8-1)57(48-21-9-2-10-22-48,49-23-11-3-12-24-49)53-36-33-43(34-37-53)44-35-39-55-45(41-44)31-32-46-42-54(38-40-56(46)55)58(50-25-13-4-14-26-50,51-27-15-5-16-28-51)52-29-17-6-18-30-52/h1-42H. The van der Waals surface area contributed by atoms with Crippen molar-refractivity contribution < 1.29 is 0 Å². The van der Waals surface area contributed by atoms with Crippen LogP contribution < -0.4 is 41.5 Å². The Morgan fingerprint density at radius 3 is 0.845 bits per heavy atom. The zero-order valence-electron chi connectivity index (χ0n) is 32.2. The Morgan fingerprint density at radius 2 is 0.466 bits per heavy atom. The highest BCUT2D eigenvalue weighted by molar-refractivity contribution is 7.20. The number of benzene rings is 10. The van der Waals surface area contributed by atoms with E-state index in [9.17, 15) is 0 Å². The summed E-state index contributed by atoms with van der Waals surface area (Å²) < 4.78 is 0. The van der Waals surface area contributed by atoms with Crippen LogP contribution in [-0.2, 0) is 0 Å². The van der Waals surface area contributed by atoms with Crippen LogP contribution in [0.25, 0.3) is 32.7 Å². The fraction of sp³-hybridized carbons (Fsp3) is 0. The van der Waals surface area contributed by atoms with Gasteiger partial charge in [-0.3, -0.25) is 0 Å². The molecule has 0 heterocycles. The Morgan fingerprint density at radius 1 is 0.190 bits per heavy atom. The predicted molar refractivity (Wildman–Crippen MR) is 254 cm³/mol. The lowest BCUT2D eigenvalue weighted by molar-refractivity contribution is 1.64. The van der Waals surface area contributed by atoms with E-state index < -0.39 is 16.1 Å². The highest BCUT2D eigenvalue weighted by atomic mass is 28.3. The molecule has 0 saturated carbocycles. The van der Waals surface area contributed by atoms with Crippen LogP contribution in [0.1, 0.15) is 0 Å². The number of rotatable bonds is 9. The highest BCUT2D eigenvalue weighted by Crippen LogP contribution is 2.30. The number of hydrogen-bond acceptors (Lipinski definition) is 0. The van der Waals surface area contributed by atoms with Crippen molar-refractivity contribution in [2.75, 3.05) is 0 Å². The van der Waals surface area contributed by atoms with E-state index in [4.69, 9.17) is 0 Å². The average molecular weight is 771 g/mol. The van der Waals surface area contributed by atoms with Crippen LogP contribution in [0.15, 0.2) is 255 Å². The summed E-state index contributed by atoms with van der Waals surface area (Å²) in [5.74, 6) is 0. The van der Waals surface area contributed by atoms with Crippen LogP contribution in [0.3, 0.4) is 0 Å². The average Bonchev–Trinajstić information content (AvgIpc) is 3.32. The Kier molecular flexibility index (Phi) is 9.35. The summed E-state index contributed by atoms with van der Waals surface area (Å²) in [5, 5.41) is 16.2. The molecule has 0 bridgehead atoms. The van der Waals surface area contributed by atoms with E-state index in [-0.39, 0.29) is 0 Å². The molecule has 0 saturated heterocycles. The van der Waals surface area contributed by atoms with E-state index in [1.807, 2.05) is 0 Å². The van der Waals surface area contributed by atoms with Gasteiger partial charge in [-0.25, -0.2) is 0 Å². The summed E-state index contributed by atoms with van der Waals surface area (Å²) in [6, 6.07) is 95.3. The van der Waals surface area contributed by atoms with Gasteiger partial charge < -0.3 is 0 Å². The number of hydrogen-bond donors (Lipinski definition) is 0. The summed E-state index contributed by atoms with van der Waals surface area (Å²) in [6.45, 7) is 0. The van der Waals surface area contributed by atoms with Crippen molar-refractivity contribution >= 4 is 79.2 Å². The molecule has 0 radical (unpaired) electrons. The number of fused-ring (bicyclic) bond motifs is 3. The van der Waals surface area contributed by atoms with Crippen LogP contribution in [0.2, 0.25) is 0 Å². The molecule has 0 aliphatic heterocycles. The molecule has 58 heavy (non-hydrogen) atoms. The van der Waals surface area contributed by atoms with E-state index in [0.717, 1.165) is 0 Å². The molecule has 0 N–H and O–H groups in total. The van der Waals surface area contributed by atoms with E-state index in [0.29, 0.717) is 0 Å². The summed E-state index contributed by atoms with van der Waals surface area (Å²) in [6.07, 6.45) is 0. The van der Waals surface area contributed by atoms with Crippen LogP contribution in [0.4, 0.5) is 0 Å². The van der Waals surface area contributed by atoms with Crippen molar-refractivity contribution in [3.63, 3.8) is 0 Å². The molecule has 10 aromatic rings. The molecule has 2 heteroatoms. The summed E-state index contributed by atoms with van der Waals surface area (Å²) in [7, 11) is -5.20. The Balaban J connectivity index is 1.07. The maximum Gasteiger partial charge on any atom is 0.179 e. The molecule has 0 fully saturated rings. The molecule has 0 aromatic heterocycles. The smallest absolute Gasteiger partial charge is 0.0623 e. The first-order valence-corrected chi connectivity index (χ1v) is 24.2. The maximum absolute atomic E-state index is 2.62. The van der Waals surface area contributed by atoms with Crippen LogP contribution >= 0.6 is 0 Å². The third-order valence-electron chi connectivity index (χ3n) is 12.2. The van der Waals surface area contributed by atoms with Crippen molar-refractivity contribution in [2.24, 2.45) is 0 Å². The molecule has 0 atom stereocenters. The maximum atomic E-state index is 2.48. The van der Waals surface area contributed by atoms with Gasteiger partial charge in [-0.15, -0.1) is 0 Å². The lowest BCUT2D eigenvalue weighted by Crippen LogP contribution is -2.74. The first-order chi connectivity index (χ1) is 28.8. The van der Waals surface area contributed by atoms with Gasteiger partial charge in [0.15, 0.2) is 16.1 Å². The monoisotopic (exact) mass is 770 g/mol. The third kappa shape index (κ3) is 5.97. The lowest BCUT2D eigenvalue weighted by atomic mass is 9.97. The SMILES string of the molecule is c1ccc([Si](c2ccccc2)(c2ccccc2)c2ccc(-c3ccc4c(ccc5cc([Si](c6ccccc6)(c6ccccc6)c6ccccc6)ccc54)c3)cc2)cc1. The van der Waals surface area contributed by atoms with E-state index >= 15 is 0 Å². The quantitative estimate of drug-likeness (QED) is 0.0786. The van der Waals surface area contributed by atoms with E-state index in [2.05, 4.69) is 255 Å². The molecule has 0 spiro atoms. The molecule has 0 nitrogen and oxygen atoms in total. The normalized spacial score (nSPS) is 11.8. The molecule has 10 rings (SSSR count). The Bertz CT molecular complexity index is 2760. The second-order valence-corrected chi connectivity index (χ2v) is 22.8. The van der Waals surface area contributed by atoms with Gasteiger partial charge in [0.05, 0.1) is 0 Å². The molecule has 0 amide bonds.